The maximum Gasteiger partial charge on any atom is 0.228 e. The van der Waals surface area contributed by atoms with Gasteiger partial charge in [0.1, 0.15) is 0 Å². The molecule has 32 heavy (non-hydrogen) atoms. The maximum atomic E-state index is 13.5. The van der Waals surface area contributed by atoms with Crippen molar-refractivity contribution in [3.05, 3.63) is 67.0 Å². The Hall–Kier alpha value is -2.95. The van der Waals surface area contributed by atoms with E-state index >= 15 is 0 Å². The van der Waals surface area contributed by atoms with Gasteiger partial charge in [0.05, 0.1) is 5.41 Å². The van der Waals surface area contributed by atoms with Crippen molar-refractivity contribution >= 4 is 11.8 Å². The Morgan fingerprint density at radius 3 is 2.72 bits per heavy atom. The molecular formula is C27H33N3O2. The van der Waals surface area contributed by atoms with Gasteiger partial charge < -0.3 is 10.2 Å². The molecule has 1 aromatic carbocycles. The lowest BCUT2D eigenvalue weighted by atomic mass is 9.73. The van der Waals surface area contributed by atoms with Crippen LogP contribution in [-0.2, 0) is 16.0 Å². The van der Waals surface area contributed by atoms with Gasteiger partial charge in [-0.05, 0) is 49.3 Å². The molecule has 2 fully saturated rings. The van der Waals surface area contributed by atoms with Crippen molar-refractivity contribution in [1.29, 1.82) is 0 Å². The number of carbonyl (C=O) groups is 2. The minimum atomic E-state index is -0.645. The lowest BCUT2D eigenvalue weighted by Gasteiger charge is -2.43. The second-order valence-corrected chi connectivity index (χ2v) is 9.20. The Kier molecular flexibility index (Phi) is 7.03. The summed E-state index contributed by atoms with van der Waals surface area (Å²) in [7, 11) is 0. The first kappa shape index (κ1) is 22.3. The maximum absolute atomic E-state index is 13.5. The largest absolute Gasteiger partial charge is 0.352 e. The van der Waals surface area contributed by atoms with E-state index in [2.05, 4.69) is 29.0 Å². The predicted molar refractivity (Wildman–Crippen MR) is 127 cm³/mol. The second-order valence-electron chi connectivity index (χ2n) is 9.20. The summed E-state index contributed by atoms with van der Waals surface area (Å²) in [5.41, 5.74) is 2.60. The summed E-state index contributed by atoms with van der Waals surface area (Å²) in [6.45, 7) is 5.40. The van der Waals surface area contributed by atoms with Gasteiger partial charge in [0.25, 0.3) is 0 Å². The smallest absolute Gasteiger partial charge is 0.228 e. The van der Waals surface area contributed by atoms with Crippen molar-refractivity contribution in [1.82, 2.24) is 15.2 Å². The molecule has 1 aliphatic carbocycles. The van der Waals surface area contributed by atoms with Crippen LogP contribution in [0, 0.1) is 11.3 Å². The fourth-order valence-corrected chi connectivity index (χ4v) is 5.36. The van der Waals surface area contributed by atoms with Gasteiger partial charge in [0, 0.05) is 43.5 Å². The van der Waals surface area contributed by atoms with E-state index in [9.17, 15) is 9.59 Å². The van der Waals surface area contributed by atoms with E-state index in [0.29, 0.717) is 19.5 Å². The number of hydrogen-bond donors (Lipinski definition) is 1. The van der Waals surface area contributed by atoms with Crippen LogP contribution in [0.3, 0.4) is 0 Å². The van der Waals surface area contributed by atoms with E-state index in [4.69, 9.17) is 0 Å². The number of likely N-dealkylation sites (tertiary alicyclic amines) is 1. The van der Waals surface area contributed by atoms with Crippen molar-refractivity contribution < 1.29 is 9.59 Å². The zero-order valence-corrected chi connectivity index (χ0v) is 18.8. The molecule has 4 rings (SSSR count). The van der Waals surface area contributed by atoms with Gasteiger partial charge in [-0.2, -0.15) is 0 Å². The summed E-state index contributed by atoms with van der Waals surface area (Å²) in [5.74, 6) is 0.385. The van der Waals surface area contributed by atoms with Gasteiger partial charge in [0.2, 0.25) is 11.8 Å². The Bertz CT molecular complexity index is 952. The Morgan fingerprint density at radius 2 is 1.97 bits per heavy atom. The van der Waals surface area contributed by atoms with Crippen LogP contribution in [0.25, 0.3) is 11.1 Å². The zero-order chi connectivity index (χ0) is 22.4. The van der Waals surface area contributed by atoms with Gasteiger partial charge in [-0.15, -0.1) is 6.58 Å². The van der Waals surface area contributed by atoms with Crippen molar-refractivity contribution in [2.24, 2.45) is 11.3 Å². The molecule has 1 aliphatic heterocycles. The molecule has 0 radical (unpaired) electrons. The summed E-state index contributed by atoms with van der Waals surface area (Å²) in [6.07, 6.45) is 11.8. The number of rotatable bonds is 7. The average molecular weight is 432 g/mol. The highest BCUT2D eigenvalue weighted by Crippen LogP contribution is 2.38. The molecule has 5 heteroatoms. The van der Waals surface area contributed by atoms with Gasteiger partial charge in [0.15, 0.2) is 0 Å². The van der Waals surface area contributed by atoms with Gasteiger partial charge in [-0.1, -0.05) is 49.2 Å². The predicted octanol–water partition coefficient (Wildman–Crippen LogP) is 4.39. The summed E-state index contributed by atoms with van der Waals surface area (Å²) in [4.78, 5) is 33.0. The molecule has 2 amide bonds. The number of carbonyl (C=O) groups excluding carboxylic acids is 2. The summed E-state index contributed by atoms with van der Waals surface area (Å²) < 4.78 is 0. The lowest BCUT2D eigenvalue weighted by Crippen LogP contribution is -2.55. The van der Waals surface area contributed by atoms with Gasteiger partial charge in [-0.25, -0.2) is 0 Å². The number of benzene rings is 1. The third kappa shape index (κ3) is 4.77. The molecule has 168 valence electrons. The molecule has 2 aliphatic rings. The van der Waals surface area contributed by atoms with Gasteiger partial charge in [-0.3, -0.25) is 14.6 Å². The quantitative estimate of drug-likeness (QED) is 0.661. The molecule has 1 unspecified atom stereocenters. The topological polar surface area (TPSA) is 62.3 Å². The van der Waals surface area contributed by atoms with E-state index in [1.807, 2.05) is 35.4 Å². The van der Waals surface area contributed by atoms with Crippen molar-refractivity contribution in [3.63, 3.8) is 0 Å². The minimum Gasteiger partial charge on any atom is -0.352 e. The normalized spacial score (nSPS) is 21.3. The number of nitrogens with zero attached hydrogens (tertiary/aromatic N) is 2. The summed E-state index contributed by atoms with van der Waals surface area (Å²) in [6, 6.07) is 12.2. The third-order valence-corrected chi connectivity index (χ3v) is 7.00. The number of amides is 2. The average Bonchev–Trinajstić information content (AvgIpc) is 3.38. The van der Waals surface area contributed by atoms with Crippen molar-refractivity contribution in [3.8, 4) is 11.1 Å². The number of pyridine rings is 1. The Balaban J connectivity index is 1.65. The molecule has 1 N–H and O–H groups in total. The molecule has 1 saturated carbocycles. The van der Waals surface area contributed by atoms with E-state index in [1.165, 1.54) is 0 Å². The van der Waals surface area contributed by atoms with Crippen LogP contribution >= 0.6 is 0 Å². The molecular weight excluding hydrogens is 398 g/mol. The minimum absolute atomic E-state index is 0.0160. The number of piperidine rings is 1. The van der Waals surface area contributed by atoms with E-state index in [0.717, 1.165) is 61.8 Å². The van der Waals surface area contributed by atoms with Crippen LogP contribution in [0.2, 0.25) is 0 Å². The van der Waals surface area contributed by atoms with E-state index in [-0.39, 0.29) is 17.7 Å². The highest BCUT2D eigenvalue weighted by Gasteiger charge is 2.44. The molecule has 1 atom stereocenters. The van der Waals surface area contributed by atoms with E-state index < -0.39 is 5.41 Å². The Labute approximate surface area is 190 Å². The first-order valence-corrected chi connectivity index (χ1v) is 11.8. The standard InChI is InChI=1S/C27H33N3O2/c1-2-15-29-26(32)27(14-8-17-30(20-27)25(31)21-9-3-4-10-21)18-22-11-5-6-13-24(22)23-12-7-16-28-19-23/h2,5-7,11-13,16,19,21H,1,3-4,8-10,14-15,17-18,20H2,(H,29,32). The number of aromatic nitrogens is 1. The van der Waals surface area contributed by atoms with Crippen LogP contribution in [0.15, 0.2) is 61.4 Å². The molecule has 2 heterocycles. The third-order valence-electron chi connectivity index (χ3n) is 7.00. The fraction of sp³-hybridized carbons (Fsp3) is 0.444. The first-order chi connectivity index (χ1) is 15.6. The SMILES string of the molecule is C=CCNC(=O)C1(Cc2ccccc2-c2cccnc2)CCCN(C(=O)C2CCCC2)C1. The summed E-state index contributed by atoms with van der Waals surface area (Å²) in [5, 5.41) is 3.04. The van der Waals surface area contributed by atoms with E-state index in [1.54, 1.807) is 12.3 Å². The molecule has 1 aromatic heterocycles. The molecule has 0 bridgehead atoms. The Morgan fingerprint density at radius 1 is 1.16 bits per heavy atom. The van der Waals surface area contributed by atoms with Crippen LogP contribution < -0.4 is 5.32 Å². The number of nitrogens with one attached hydrogen (secondary N) is 1. The molecule has 1 saturated heterocycles. The van der Waals surface area contributed by atoms with Crippen LogP contribution in [0.5, 0.6) is 0 Å². The van der Waals surface area contributed by atoms with Gasteiger partial charge >= 0.3 is 0 Å². The van der Waals surface area contributed by atoms with Crippen LogP contribution in [0.1, 0.15) is 44.1 Å². The first-order valence-electron chi connectivity index (χ1n) is 11.8. The molecule has 0 spiro atoms. The fourth-order valence-electron chi connectivity index (χ4n) is 5.36. The number of hydrogen-bond acceptors (Lipinski definition) is 3. The van der Waals surface area contributed by atoms with Crippen LogP contribution in [-0.4, -0.2) is 41.3 Å². The summed E-state index contributed by atoms with van der Waals surface area (Å²) >= 11 is 0. The van der Waals surface area contributed by atoms with Crippen molar-refractivity contribution in [2.45, 2.75) is 44.9 Å². The van der Waals surface area contributed by atoms with Crippen LogP contribution in [0.4, 0.5) is 0 Å². The second kappa shape index (κ2) is 10.1. The molecule has 5 nitrogen and oxygen atoms in total. The monoisotopic (exact) mass is 431 g/mol. The highest BCUT2D eigenvalue weighted by atomic mass is 16.2. The highest BCUT2D eigenvalue weighted by molar-refractivity contribution is 5.86. The lowest BCUT2D eigenvalue weighted by molar-refractivity contribution is -0.144. The molecule has 2 aromatic rings. The van der Waals surface area contributed by atoms with Crippen molar-refractivity contribution in [2.75, 3.05) is 19.6 Å². The zero-order valence-electron chi connectivity index (χ0n) is 18.8.